The second kappa shape index (κ2) is 5.03. The molecule has 0 saturated carbocycles. The van der Waals surface area contributed by atoms with Crippen molar-refractivity contribution in [2.75, 3.05) is 0 Å². The van der Waals surface area contributed by atoms with Gasteiger partial charge in [-0.2, -0.15) is 4.39 Å². The van der Waals surface area contributed by atoms with Gasteiger partial charge >= 0.3 is 6.36 Å². The molecule has 0 radical (unpaired) electrons. The fraction of sp³-hybridized carbons (Fsp3) is 0.0833. The van der Waals surface area contributed by atoms with E-state index in [4.69, 9.17) is 0 Å². The van der Waals surface area contributed by atoms with Crippen LogP contribution in [0.25, 0.3) is 11.3 Å². The molecule has 8 heteroatoms. The van der Waals surface area contributed by atoms with Gasteiger partial charge in [-0.15, -0.1) is 13.2 Å². The van der Waals surface area contributed by atoms with Crippen molar-refractivity contribution in [3.63, 3.8) is 0 Å². The third-order valence-electron chi connectivity index (χ3n) is 2.25. The number of ether oxygens (including phenoxy) is 1. The topological polar surface area (TPSA) is 22.1 Å². The molecule has 1 heterocycles. The highest BCUT2D eigenvalue weighted by Crippen LogP contribution is 2.34. The van der Waals surface area contributed by atoms with Crippen molar-refractivity contribution < 1.29 is 31.1 Å². The molecule has 1 aromatic heterocycles. The van der Waals surface area contributed by atoms with E-state index in [0.717, 1.165) is 12.1 Å². The molecule has 0 amide bonds. The minimum Gasteiger partial charge on any atom is -0.405 e. The standard InChI is InChI=1S/C12H5F6NO/c13-7-5-8(14)11(15)19-10(7)6-3-1-2-4-9(6)20-12(16,17)18/h1-5H. The van der Waals surface area contributed by atoms with Gasteiger partial charge in [0.05, 0.1) is 0 Å². The number of aromatic nitrogens is 1. The Hall–Kier alpha value is -2.25. The van der Waals surface area contributed by atoms with Crippen molar-refractivity contribution >= 4 is 0 Å². The zero-order valence-electron chi connectivity index (χ0n) is 9.51. The molecule has 0 bridgehead atoms. The summed E-state index contributed by atoms with van der Waals surface area (Å²) >= 11 is 0. The molecular formula is C12H5F6NO. The fourth-order valence-electron chi connectivity index (χ4n) is 1.51. The molecule has 106 valence electrons. The van der Waals surface area contributed by atoms with Gasteiger partial charge < -0.3 is 4.74 Å². The van der Waals surface area contributed by atoms with Crippen molar-refractivity contribution in [1.29, 1.82) is 0 Å². The van der Waals surface area contributed by atoms with Gasteiger partial charge in [0.25, 0.3) is 0 Å². The molecule has 0 spiro atoms. The van der Waals surface area contributed by atoms with Gasteiger partial charge in [-0.05, 0) is 12.1 Å². The quantitative estimate of drug-likeness (QED) is 0.615. The molecule has 0 aliphatic heterocycles. The van der Waals surface area contributed by atoms with Gasteiger partial charge in [-0.3, -0.25) is 0 Å². The van der Waals surface area contributed by atoms with Gasteiger partial charge in [0.1, 0.15) is 11.4 Å². The SMILES string of the molecule is Fc1cc(F)c(-c2ccccc2OC(F)(F)F)nc1F. The Kier molecular flexibility index (Phi) is 3.56. The Labute approximate surface area is 108 Å². The molecule has 0 atom stereocenters. The number of benzene rings is 1. The second-order valence-electron chi connectivity index (χ2n) is 3.64. The number of alkyl halides is 3. The van der Waals surface area contributed by atoms with Gasteiger partial charge in [0.15, 0.2) is 11.6 Å². The van der Waals surface area contributed by atoms with Crippen LogP contribution in [0.15, 0.2) is 30.3 Å². The molecular weight excluding hydrogens is 288 g/mol. The summed E-state index contributed by atoms with van der Waals surface area (Å²) in [5.74, 6) is -5.23. The molecule has 1 aromatic carbocycles. The molecule has 2 rings (SSSR count). The summed E-state index contributed by atoms with van der Waals surface area (Å²) in [4.78, 5) is 2.97. The van der Waals surface area contributed by atoms with Crippen molar-refractivity contribution in [2.24, 2.45) is 0 Å². The molecule has 0 N–H and O–H groups in total. The predicted molar refractivity (Wildman–Crippen MR) is 56.2 cm³/mol. The third-order valence-corrected chi connectivity index (χ3v) is 2.25. The number of rotatable bonds is 2. The van der Waals surface area contributed by atoms with E-state index in [0.29, 0.717) is 0 Å². The first kappa shape index (κ1) is 14.2. The Morgan fingerprint density at radius 2 is 1.60 bits per heavy atom. The van der Waals surface area contributed by atoms with Crippen molar-refractivity contribution in [3.05, 3.63) is 47.9 Å². The minimum atomic E-state index is -5.01. The summed E-state index contributed by atoms with van der Waals surface area (Å²) in [5, 5.41) is 0. The first-order valence-corrected chi connectivity index (χ1v) is 5.14. The van der Waals surface area contributed by atoms with Gasteiger partial charge in [-0.25, -0.2) is 13.8 Å². The lowest BCUT2D eigenvalue weighted by Crippen LogP contribution is -2.17. The van der Waals surface area contributed by atoms with E-state index in [-0.39, 0.29) is 6.07 Å². The normalized spacial score (nSPS) is 11.5. The smallest absolute Gasteiger partial charge is 0.405 e. The van der Waals surface area contributed by atoms with E-state index in [1.54, 1.807) is 0 Å². The van der Waals surface area contributed by atoms with Crippen LogP contribution in [0.2, 0.25) is 0 Å². The first-order valence-electron chi connectivity index (χ1n) is 5.14. The number of hydrogen-bond donors (Lipinski definition) is 0. The van der Waals surface area contributed by atoms with E-state index in [1.165, 1.54) is 12.1 Å². The Morgan fingerprint density at radius 1 is 0.950 bits per heavy atom. The van der Waals surface area contributed by atoms with Gasteiger partial charge in [-0.1, -0.05) is 12.1 Å². The number of nitrogens with zero attached hydrogens (tertiary/aromatic N) is 1. The van der Waals surface area contributed by atoms with Crippen LogP contribution in [0.5, 0.6) is 5.75 Å². The Bertz CT molecular complexity index is 640. The molecule has 0 aliphatic rings. The lowest BCUT2D eigenvalue weighted by molar-refractivity contribution is -0.274. The average Bonchev–Trinajstić information content (AvgIpc) is 2.33. The lowest BCUT2D eigenvalue weighted by Gasteiger charge is -2.13. The van der Waals surface area contributed by atoms with E-state index in [2.05, 4.69) is 9.72 Å². The van der Waals surface area contributed by atoms with Crippen molar-refractivity contribution in [2.45, 2.75) is 6.36 Å². The monoisotopic (exact) mass is 293 g/mol. The Balaban J connectivity index is 2.56. The van der Waals surface area contributed by atoms with Crippen molar-refractivity contribution in [1.82, 2.24) is 4.98 Å². The van der Waals surface area contributed by atoms with Crippen LogP contribution in [0.4, 0.5) is 26.3 Å². The lowest BCUT2D eigenvalue weighted by atomic mass is 10.1. The highest BCUT2D eigenvalue weighted by atomic mass is 19.4. The fourth-order valence-corrected chi connectivity index (χ4v) is 1.51. The minimum absolute atomic E-state index is 0.196. The zero-order valence-corrected chi connectivity index (χ0v) is 9.51. The van der Waals surface area contributed by atoms with Crippen LogP contribution < -0.4 is 4.74 Å². The molecule has 0 unspecified atom stereocenters. The van der Waals surface area contributed by atoms with Crippen LogP contribution >= 0.6 is 0 Å². The summed E-state index contributed by atoms with van der Waals surface area (Å²) < 4.78 is 79.6. The largest absolute Gasteiger partial charge is 0.573 e. The molecule has 0 saturated heterocycles. The predicted octanol–water partition coefficient (Wildman–Crippen LogP) is 4.06. The second-order valence-corrected chi connectivity index (χ2v) is 3.64. The third kappa shape index (κ3) is 3.01. The van der Waals surface area contributed by atoms with Crippen LogP contribution in [-0.2, 0) is 0 Å². The number of pyridine rings is 1. The van der Waals surface area contributed by atoms with Crippen molar-refractivity contribution in [3.8, 4) is 17.0 Å². The Morgan fingerprint density at radius 3 is 2.25 bits per heavy atom. The number of para-hydroxylation sites is 1. The maximum Gasteiger partial charge on any atom is 0.573 e. The average molecular weight is 293 g/mol. The van der Waals surface area contributed by atoms with Crippen LogP contribution in [0, 0.1) is 17.6 Å². The summed E-state index contributed by atoms with van der Waals surface area (Å²) in [5.41, 5.74) is -1.22. The maximum atomic E-state index is 13.5. The molecule has 20 heavy (non-hydrogen) atoms. The van der Waals surface area contributed by atoms with E-state index >= 15 is 0 Å². The first-order chi connectivity index (χ1) is 9.28. The zero-order chi connectivity index (χ0) is 14.9. The number of halogens is 6. The molecule has 2 aromatic rings. The molecule has 0 aliphatic carbocycles. The summed E-state index contributed by atoms with van der Waals surface area (Å²) in [6.07, 6.45) is -5.01. The molecule has 0 fully saturated rings. The summed E-state index contributed by atoms with van der Waals surface area (Å²) in [6.45, 7) is 0. The van der Waals surface area contributed by atoms with Gasteiger partial charge in [0, 0.05) is 11.6 Å². The summed E-state index contributed by atoms with van der Waals surface area (Å²) in [7, 11) is 0. The van der Waals surface area contributed by atoms with E-state index < -0.39 is 41.0 Å². The van der Waals surface area contributed by atoms with Crippen LogP contribution in [0.1, 0.15) is 0 Å². The summed E-state index contributed by atoms with van der Waals surface area (Å²) in [6, 6.07) is 4.64. The van der Waals surface area contributed by atoms with Gasteiger partial charge in [0.2, 0.25) is 5.95 Å². The van der Waals surface area contributed by atoms with E-state index in [1.807, 2.05) is 0 Å². The maximum absolute atomic E-state index is 13.5. The number of hydrogen-bond acceptors (Lipinski definition) is 2. The highest BCUT2D eigenvalue weighted by molar-refractivity contribution is 5.67. The van der Waals surface area contributed by atoms with Crippen LogP contribution in [-0.4, -0.2) is 11.3 Å². The molecule has 2 nitrogen and oxygen atoms in total. The van der Waals surface area contributed by atoms with E-state index in [9.17, 15) is 26.3 Å². The highest BCUT2D eigenvalue weighted by Gasteiger charge is 2.32. The van der Waals surface area contributed by atoms with Crippen LogP contribution in [0.3, 0.4) is 0 Å².